The molecule has 0 aliphatic heterocycles. The predicted octanol–water partition coefficient (Wildman–Crippen LogP) is 3.81. The van der Waals surface area contributed by atoms with Crippen molar-refractivity contribution in [3.8, 4) is 11.5 Å². The van der Waals surface area contributed by atoms with E-state index in [1.807, 2.05) is 19.0 Å². The number of rotatable bonds is 9. The molecule has 0 aliphatic carbocycles. The average molecular weight is 418 g/mol. The van der Waals surface area contributed by atoms with Crippen molar-refractivity contribution < 1.29 is 18.7 Å². The van der Waals surface area contributed by atoms with E-state index in [1.54, 1.807) is 48.4 Å². The highest BCUT2D eigenvalue weighted by Crippen LogP contribution is 2.30. The van der Waals surface area contributed by atoms with Gasteiger partial charge in [0, 0.05) is 12.6 Å². The van der Waals surface area contributed by atoms with Crippen molar-refractivity contribution in [2.24, 2.45) is 0 Å². The molecule has 0 radical (unpaired) electrons. The normalized spacial score (nSPS) is 11.1. The van der Waals surface area contributed by atoms with E-state index in [1.165, 1.54) is 17.4 Å². The molecule has 0 unspecified atom stereocenters. The molecule has 1 heterocycles. The number of halogens is 1. The van der Waals surface area contributed by atoms with E-state index in [0.29, 0.717) is 27.9 Å². The smallest absolute Gasteiger partial charge is 0.266 e. The number of thiazole rings is 1. The molecule has 0 fully saturated rings. The number of benzene rings is 2. The first-order chi connectivity index (χ1) is 14.0. The zero-order valence-corrected chi connectivity index (χ0v) is 17.5. The molecule has 0 bridgehead atoms. The summed E-state index contributed by atoms with van der Waals surface area (Å²) < 4.78 is 25.6. The van der Waals surface area contributed by atoms with Gasteiger partial charge in [-0.3, -0.25) is 9.69 Å². The highest BCUT2D eigenvalue weighted by atomic mass is 32.1. The lowest BCUT2D eigenvalue weighted by Gasteiger charge is -2.21. The quantitative estimate of drug-likeness (QED) is 0.530. The van der Waals surface area contributed by atoms with Crippen LogP contribution in [0.1, 0.15) is 6.42 Å². The van der Waals surface area contributed by atoms with Gasteiger partial charge in [0.15, 0.2) is 11.7 Å². The summed E-state index contributed by atoms with van der Waals surface area (Å²) in [6, 6.07) is 11.9. The first-order valence-corrected chi connectivity index (χ1v) is 10.1. The second-order valence-corrected chi connectivity index (χ2v) is 7.76. The van der Waals surface area contributed by atoms with Crippen LogP contribution in [0, 0.1) is 5.82 Å². The van der Waals surface area contributed by atoms with Crippen LogP contribution >= 0.6 is 11.3 Å². The maximum Gasteiger partial charge on any atom is 0.266 e. The maximum absolute atomic E-state index is 14.1. The van der Waals surface area contributed by atoms with Crippen molar-refractivity contribution in [3.05, 3.63) is 48.3 Å². The molecule has 6 nitrogen and oxygen atoms in total. The lowest BCUT2D eigenvalue weighted by Crippen LogP contribution is -2.36. The van der Waals surface area contributed by atoms with Crippen molar-refractivity contribution >= 4 is 32.6 Å². The van der Waals surface area contributed by atoms with Gasteiger partial charge in [-0.05, 0) is 51.3 Å². The average Bonchev–Trinajstić information content (AvgIpc) is 3.14. The van der Waals surface area contributed by atoms with Gasteiger partial charge in [0.05, 0.1) is 11.8 Å². The van der Waals surface area contributed by atoms with Gasteiger partial charge in [0.1, 0.15) is 22.8 Å². The minimum atomic E-state index is -0.390. The lowest BCUT2D eigenvalue weighted by molar-refractivity contribution is -0.120. The molecular weight excluding hydrogens is 393 g/mol. The summed E-state index contributed by atoms with van der Waals surface area (Å²) in [5.41, 5.74) is 0.284. The number of para-hydroxylation sites is 1. The number of fused-ring (bicyclic) bond motifs is 1. The largest absolute Gasteiger partial charge is 0.497 e. The Kier molecular flexibility index (Phi) is 7.00. The second-order valence-electron chi connectivity index (χ2n) is 6.75. The molecule has 0 atom stereocenters. The molecule has 0 saturated heterocycles. The molecule has 0 N–H and O–H groups in total. The molecule has 0 spiro atoms. The van der Waals surface area contributed by atoms with Crippen molar-refractivity contribution in [2.75, 3.05) is 45.8 Å². The number of nitrogens with zero attached hydrogens (tertiary/aromatic N) is 3. The van der Waals surface area contributed by atoms with E-state index in [4.69, 9.17) is 9.47 Å². The van der Waals surface area contributed by atoms with Crippen LogP contribution in [0.5, 0.6) is 11.5 Å². The SMILES string of the molecule is COc1cccc(OCC(=O)N(CCCN(C)C)c2nc3c(F)cccc3s2)c1. The number of amides is 1. The monoisotopic (exact) mass is 417 g/mol. The van der Waals surface area contributed by atoms with Crippen molar-refractivity contribution in [2.45, 2.75) is 6.42 Å². The number of aromatic nitrogens is 1. The fourth-order valence-electron chi connectivity index (χ4n) is 2.80. The third kappa shape index (κ3) is 5.42. The number of carbonyl (C=O) groups is 1. The summed E-state index contributed by atoms with van der Waals surface area (Å²) in [6.07, 6.45) is 0.760. The Morgan fingerprint density at radius 3 is 2.62 bits per heavy atom. The second kappa shape index (κ2) is 9.67. The Hall–Kier alpha value is -2.71. The van der Waals surface area contributed by atoms with E-state index < -0.39 is 5.82 Å². The van der Waals surface area contributed by atoms with Gasteiger partial charge in [0.2, 0.25) is 0 Å². The molecule has 29 heavy (non-hydrogen) atoms. The first kappa shape index (κ1) is 21.0. The van der Waals surface area contributed by atoms with E-state index in [9.17, 15) is 9.18 Å². The summed E-state index contributed by atoms with van der Waals surface area (Å²) in [5.74, 6) is 0.574. The standard InChI is InChI=1S/C21H24FN3O3S/c1-24(2)11-6-12-25(21-23-20-17(22)9-5-10-18(20)29-21)19(26)14-28-16-8-4-7-15(13-16)27-3/h4-5,7-10,13H,6,11-12,14H2,1-3H3. The first-order valence-electron chi connectivity index (χ1n) is 9.25. The van der Waals surface area contributed by atoms with Crippen molar-refractivity contribution in [3.63, 3.8) is 0 Å². The summed E-state index contributed by atoms with van der Waals surface area (Å²) in [6.45, 7) is 1.15. The van der Waals surface area contributed by atoms with Gasteiger partial charge >= 0.3 is 0 Å². The van der Waals surface area contributed by atoms with Crippen LogP contribution in [0.25, 0.3) is 10.2 Å². The highest BCUT2D eigenvalue weighted by molar-refractivity contribution is 7.22. The molecule has 1 amide bonds. The third-order valence-corrected chi connectivity index (χ3v) is 5.32. The molecule has 0 saturated carbocycles. The summed E-state index contributed by atoms with van der Waals surface area (Å²) in [7, 11) is 5.53. The van der Waals surface area contributed by atoms with Crippen LogP contribution in [-0.4, -0.2) is 56.7 Å². The molecule has 154 valence electrons. The molecule has 8 heteroatoms. The molecule has 3 rings (SSSR count). The molecule has 1 aromatic heterocycles. The molecule has 2 aromatic carbocycles. The zero-order valence-electron chi connectivity index (χ0n) is 16.7. The minimum absolute atomic E-state index is 0.145. The van der Waals surface area contributed by atoms with Crippen LogP contribution in [0.3, 0.4) is 0 Å². The molecular formula is C21H24FN3O3S. The topological polar surface area (TPSA) is 54.9 Å². The van der Waals surface area contributed by atoms with Gasteiger partial charge in [-0.2, -0.15) is 0 Å². The number of hydrogen-bond acceptors (Lipinski definition) is 6. The Morgan fingerprint density at radius 1 is 1.14 bits per heavy atom. The van der Waals surface area contributed by atoms with Gasteiger partial charge < -0.3 is 14.4 Å². The predicted molar refractivity (Wildman–Crippen MR) is 114 cm³/mol. The Balaban J connectivity index is 1.77. The third-order valence-electron chi connectivity index (χ3n) is 4.28. The Morgan fingerprint density at radius 2 is 1.90 bits per heavy atom. The van der Waals surface area contributed by atoms with Crippen LogP contribution in [0.4, 0.5) is 9.52 Å². The fraction of sp³-hybridized carbons (Fsp3) is 0.333. The highest BCUT2D eigenvalue weighted by Gasteiger charge is 2.21. The van der Waals surface area contributed by atoms with Gasteiger partial charge in [0.25, 0.3) is 5.91 Å². The van der Waals surface area contributed by atoms with E-state index in [2.05, 4.69) is 4.98 Å². The van der Waals surface area contributed by atoms with E-state index >= 15 is 0 Å². The van der Waals surface area contributed by atoms with Crippen LogP contribution in [-0.2, 0) is 4.79 Å². The fourth-order valence-corrected chi connectivity index (χ4v) is 3.83. The number of methoxy groups -OCH3 is 1. The van der Waals surface area contributed by atoms with Gasteiger partial charge in [-0.15, -0.1) is 0 Å². The van der Waals surface area contributed by atoms with Gasteiger partial charge in [-0.1, -0.05) is 23.5 Å². The zero-order chi connectivity index (χ0) is 20.8. The molecule has 3 aromatic rings. The number of carbonyl (C=O) groups excluding carboxylic acids is 1. The number of ether oxygens (including phenoxy) is 2. The Bertz CT molecular complexity index is 977. The Labute approximate surface area is 173 Å². The lowest BCUT2D eigenvalue weighted by atomic mass is 10.3. The van der Waals surface area contributed by atoms with Crippen molar-refractivity contribution in [1.29, 1.82) is 0 Å². The van der Waals surface area contributed by atoms with Crippen molar-refractivity contribution in [1.82, 2.24) is 9.88 Å². The van der Waals surface area contributed by atoms with E-state index in [-0.39, 0.29) is 18.0 Å². The van der Waals surface area contributed by atoms with Crippen LogP contribution < -0.4 is 14.4 Å². The summed E-state index contributed by atoms with van der Waals surface area (Å²) in [4.78, 5) is 20.9. The summed E-state index contributed by atoms with van der Waals surface area (Å²) >= 11 is 1.30. The number of anilines is 1. The summed E-state index contributed by atoms with van der Waals surface area (Å²) in [5, 5.41) is 0.475. The maximum atomic E-state index is 14.1. The number of hydrogen-bond donors (Lipinski definition) is 0. The van der Waals surface area contributed by atoms with Crippen LogP contribution in [0.15, 0.2) is 42.5 Å². The molecule has 0 aliphatic rings. The van der Waals surface area contributed by atoms with E-state index in [0.717, 1.165) is 13.0 Å². The van der Waals surface area contributed by atoms with Gasteiger partial charge in [-0.25, -0.2) is 9.37 Å². The minimum Gasteiger partial charge on any atom is -0.497 e. The van der Waals surface area contributed by atoms with Crippen LogP contribution in [0.2, 0.25) is 0 Å².